The number of allylic oxidation sites excluding steroid dienone is 6. The Hall–Kier alpha value is -1.84. The van der Waals surface area contributed by atoms with Gasteiger partial charge in [-0.3, -0.25) is 0 Å². The van der Waals surface area contributed by atoms with Crippen molar-refractivity contribution in [2.75, 3.05) is 5.75 Å². The van der Waals surface area contributed by atoms with Crippen molar-refractivity contribution in [2.45, 2.75) is 6.92 Å². The maximum atomic E-state index is 3.64. The zero-order valence-electron chi connectivity index (χ0n) is 13.2. The van der Waals surface area contributed by atoms with Crippen molar-refractivity contribution in [3.8, 4) is 0 Å². The minimum Gasteiger partial charge on any atom is -0.349 e. The van der Waals surface area contributed by atoms with Crippen LogP contribution in [0.5, 0.6) is 0 Å². The Morgan fingerprint density at radius 1 is 1.22 bits per heavy atom. The molecule has 1 aliphatic heterocycles. The van der Waals surface area contributed by atoms with Crippen LogP contribution in [0.1, 0.15) is 12.5 Å². The predicted octanol–water partition coefficient (Wildman–Crippen LogP) is 6.10. The zero-order valence-corrected chi connectivity index (χ0v) is 14.9. The molecule has 0 amide bonds. The zero-order chi connectivity index (χ0) is 16.3. The summed E-state index contributed by atoms with van der Waals surface area (Å²) in [5.74, 6) is 0.957. The van der Waals surface area contributed by atoms with E-state index < -0.39 is 0 Å². The fraction of sp³-hybridized carbons (Fsp3) is 0.100. The van der Waals surface area contributed by atoms with Crippen LogP contribution in [0.15, 0.2) is 94.8 Å². The molecule has 0 atom stereocenters. The molecule has 1 nitrogen and oxygen atoms in total. The van der Waals surface area contributed by atoms with Gasteiger partial charge in [-0.05, 0) is 29.5 Å². The Morgan fingerprint density at radius 3 is 2.83 bits per heavy atom. The molecule has 0 spiro atoms. The van der Waals surface area contributed by atoms with Gasteiger partial charge in [-0.2, -0.15) is 0 Å². The molecule has 0 saturated carbocycles. The summed E-state index contributed by atoms with van der Waals surface area (Å²) < 4.78 is 0. The highest BCUT2D eigenvalue weighted by atomic mass is 32.2. The first-order chi connectivity index (χ1) is 11.3. The molecule has 1 aliphatic rings. The predicted molar refractivity (Wildman–Crippen MR) is 108 cm³/mol. The van der Waals surface area contributed by atoms with E-state index in [0.29, 0.717) is 0 Å². The van der Waals surface area contributed by atoms with E-state index >= 15 is 0 Å². The lowest BCUT2D eigenvalue weighted by molar-refractivity contribution is 1.20. The normalized spacial score (nSPS) is 17.0. The lowest BCUT2D eigenvalue weighted by Gasteiger charge is -2.04. The van der Waals surface area contributed by atoms with Crippen molar-refractivity contribution in [2.24, 2.45) is 0 Å². The van der Waals surface area contributed by atoms with Crippen LogP contribution in [0, 0.1) is 0 Å². The van der Waals surface area contributed by atoms with Crippen LogP contribution in [0.25, 0.3) is 5.70 Å². The van der Waals surface area contributed by atoms with Gasteiger partial charge in [0, 0.05) is 11.2 Å². The van der Waals surface area contributed by atoms with E-state index in [1.807, 2.05) is 24.3 Å². The summed E-state index contributed by atoms with van der Waals surface area (Å²) in [4.78, 5) is 0. The average Bonchev–Trinajstić information content (AvgIpc) is 3.05. The monoisotopic (exact) mass is 339 g/mol. The van der Waals surface area contributed by atoms with Crippen LogP contribution in [0.3, 0.4) is 0 Å². The molecule has 1 aromatic carbocycles. The summed E-state index contributed by atoms with van der Waals surface area (Å²) in [5.41, 5.74) is 3.65. The molecule has 0 saturated heterocycles. The highest BCUT2D eigenvalue weighted by molar-refractivity contribution is 8.06. The number of rotatable bonds is 7. The molecule has 0 radical (unpaired) electrons. The highest BCUT2D eigenvalue weighted by Crippen LogP contribution is 2.30. The Morgan fingerprint density at radius 2 is 2.04 bits per heavy atom. The molecule has 1 heterocycles. The Balaban J connectivity index is 1.76. The maximum absolute atomic E-state index is 3.64. The van der Waals surface area contributed by atoms with Crippen molar-refractivity contribution < 1.29 is 0 Å². The average molecular weight is 340 g/mol. The minimum absolute atomic E-state index is 0.957. The van der Waals surface area contributed by atoms with Gasteiger partial charge < -0.3 is 5.32 Å². The van der Waals surface area contributed by atoms with E-state index in [2.05, 4.69) is 66.1 Å². The first kappa shape index (κ1) is 17.5. The highest BCUT2D eigenvalue weighted by Gasteiger charge is 2.10. The third kappa shape index (κ3) is 6.43. The van der Waals surface area contributed by atoms with Gasteiger partial charge in [0.15, 0.2) is 0 Å². The van der Waals surface area contributed by atoms with E-state index in [1.54, 1.807) is 29.6 Å². The molecule has 0 aromatic heterocycles. The van der Waals surface area contributed by atoms with Crippen LogP contribution in [0.4, 0.5) is 0 Å². The van der Waals surface area contributed by atoms with Gasteiger partial charge in [-0.15, -0.1) is 11.8 Å². The van der Waals surface area contributed by atoms with Gasteiger partial charge in [0.2, 0.25) is 0 Å². The fourth-order valence-corrected chi connectivity index (χ4v) is 3.46. The molecule has 118 valence electrons. The molecule has 0 aliphatic carbocycles. The van der Waals surface area contributed by atoms with Crippen molar-refractivity contribution in [1.29, 1.82) is 0 Å². The summed E-state index contributed by atoms with van der Waals surface area (Å²) in [6.45, 7) is 5.75. The van der Waals surface area contributed by atoms with Crippen LogP contribution in [0.2, 0.25) is 0 Å². The van der Waals surface area contributed by atoms with Crippen LogP contribution in [-0.2, 0) is 0 Å². The SMILES string of the molecule is C=C\C=C/C=C/C(C)=C/SC/C=C1\NC(c2ccccc2)=CS1. The van der Waals surface area contributed by atoms with E-state index in [0.717, 1.165) is 5.75 Å². The fourth-order valence-electron chi connectivity index (χ4n) is 1.86. The number of thioether (sulfide) groups is 2. The lowest BCUT2D eigenvalue weighted by atomic mass is 10.2. The molecular weight excluding hydrogens is 318 g/mol. The second kappa shape index (κ2) is 10.0. The molecule has 3 heteroatoms. The molecule has 1 aromatic rings. The van der Waals surface area contributed by atoms with Crippen LogP contribution >= 0.6 is 23.5 Å². The van der Waals surface area contributed by atoms with Gasteiger partial charge in [0.05, 0.1) is 10.7 Å². The van der Waals surface area contributed by atoms with Crippen molar-refractivity contribution >= 4 is 29.2 Å². The molecule has 0 bridgehead atoms. The number of hydrogen-bond acceptors (Lipinski definition) is 3. The summed E-state index contributed by atoms with van der Waals surface area (Å²) in [6, 6.07) is 10.4. The van der Waals surface area contributed by atoms with Gasteiger partial charge in [0.1, 0.15) is 0 Å². The summed E-state index contributed by atoms with van der Waals surface area (Å²) in [6.07, 6.45) is 12.0. The van der Waals surface area contributed by atoms with Gasteiger partial charge >= 0.3 is 0 Å². The smallest absolute Gasteiger partial charge is 0.0737 e. The largest absolute Gasteiger partial charge is 0.349 e. The third-order valence-electron chi connectivity index (χ3n) is 3.00. The molecular formula is C20H21NS2. The number of hydrogen-bond donors (Lipinski definition) is 1. The van der Waals surface area contributed by atoms with Gasteiger partial charge in [-0.1, -0.05) is 79.1 Å². The summed E-state index contributed by atoms with van der Waals surface area (Å²) in [5, 5.41) is 9.01. The molecule has 2 rings (SSSR count). The minimum atomic E-state index is 0.957. The molecule has 0 fully saturated rings. The van der Waals surface area contributed by atoms with Crippen molar-refractivity contribution in [3.63, 3.8) is 0 Å². The molecule has 23 heavy (non-hydrogen) atoms. The standard InChI is InChI=1S/C20H21NS2/c1-3-4-5-7-10-17(2)15-22-14-13-20-21-19(16-23-20)18-11-8-6-9-12-18/h3-13,15-16,21H,1,14H2,2H3/b5-4-,10-7+,17-15+,20-13+. The van der Waals surface area contributed by atoms with Crippen molar-refractivity contribution in [3.05, 3.63) is 100 Å². The third-order valence-corrected chi connectivity index (χ3v) is 4.77. The summed E-state index contributed by atoms with van der Waals surface area (Å²) in [7, 11) is 0. The quantitative estimate of drug-likeness (QED) is 0.476. The number of nitrogens with one attached hydrogen (secondary N) is 1. The Labute approximate surface area is 147 Å². The van der Waals surface area contributed by atoms with E-state index in [4.69, 9.17) is 0 Å². The number of benzene rings is 1. The second-order valence-corrected chi connectivity index (χ2v) is 6.70. The van der Waals surface area contributed by atoms with E-state index in [9.17, 15) is 0 Å². The van der Waals surface area contributed by atoms with Crippen molar-refractivity contribution in [1.82, 2.24) is 5.32 Å². The Bertz CT molecular complexity index is 664. The first-order valence-corrected chi connectivity index (χ1v) is 9.36. The second-order valence-electron chi connectivity index (χ2n) is 4.88. The van der Waals surface area contributed by atoms with Crippen LogP contribution in [-0.4, -0.2) is 5.75 Å². The Kier molecular flexibility index (Phi) is 7.64. The molecule has 0 unspecified atom stereocenters. The maximum Gasteiger partial charge on any atom is 0.0737 e. The topological polar surface area (TPSA) is 12.0 Å². The summed E-state index contributed by atoms with van der Waals surface area (Å²) >= 11 is 3.54. The lowest BCUT2D eigenvalue weighted by Crippen LogP contribution is -2.04. The first-order valence-electron chi connectivity index (χ1n) is 7.43. The van der Waals surface area contributed by atoms with Gasteiger partial charge in [0.25, 0.3) is 0 Å². The van der Waals surface area contributed by atoms with E-state index in [1.165, 1.54) is 21.9 Å². The van der Waals surface area contributed by atoms with Crippen LogP contribution < -0.4 is 5.32 Å². The van der Waals surface area contributed by atoms with Gasteiger partial charge in [-0.25, -0.2) is 0 Å². The molecule has 1 N–H and O–H groups in total. The van der Waals surface area contributed by atoms with E-state index in [-0.39, 0.29) is 0 Å².